The van der Waals surface area contributed by atoms with Crippen LogP contribution in [0.15, 0.2) is 24.4 Å². The third-order valence-corrected chi connectivity index (χ3v) is 8.57. The largest absolute Gasteiger partial charge is 0.350 e. The van der Waals surface area contributed by atoms with Crippen LogP contribution in [0.3, 0.4) is 0 Å². The zero-order valence-electron chi connectivity index (χ0n) is 15.1. The lowest BCUT2D eigenvalue weighted by molar-refractivity contribution is -0.128. The van der Waals surface area contributed by atoms with Gasteiger partial charge in [-0.2, -0.15) is 0 Å². The Labute approximate surface area is 155 Å². The summed E-state index contributed by atoms with van der Waals surface area (Å²) in [6.45, 7) is 1.25. The molecule has 0 aromatic carbocycles. The van der Waals surface area contributed by atoms with E-state index in [0.29, 0.717) is 19.6 Å². The van der Waals surface area contributed by atoms with Crippen molar-refractivity contribution in [3.05, 3.63) is 30.1 Å². The van der Waals surface area contributed by atoms with Gasteiger partial charge in [-0.25, -0.2) is 12.7 Å². The monoisotopic (exact) mass is 377 g/mol. The lowest BCUT2D eigenvalue weighted by atomic mass is 9.67. The van der Waals surface area contributed by atoms with Gasteiger partial charge in [-0.05, 0) is 43.2 Å². The number of nitrogens with zero attached hydrogens (tertiary/aromatic N) is 2. The molecule has 1 unspecified atom stereocenters. The van der Waals surface area contributed by atoms with Crippen LogP contribution >= 0.6 is 0 Å². The van der Waals surface area contributed by atoms with E-state index in [2.05, 4.69) is 10.3 Å². The average Bonchev–Trinajstić information content (AvgIpc) is 3.45. The van der Waals surface area contributed by atoms with Crippen molar-refractivity contribution < 1.29 is 13.2 Å². The fourth-order valence-electron chi connectivity index (χ4n) is 4.62. The summed E-state index contributed by atoms with van der Waals surface area (Å²) in [7, 11) is -3.23. The molecular formula is C19H27N3O3S. The number of amides is 1. The SMILES string of the molecule is O=C(NCc1ccccn1)C1CN(S(=O)(=O)C2CC2)CC12CCCCC2. The second-order valence-corrected chi connectivity index (χ2v) is 10.3. The van der Waals surface area contributed by atoms with E-state index >= 15 is 0 Å². The van der Waals surface area contributed by atoms with Crippen molar-refractivity contribution >= 4 is 15.9 Å². The number of sulfonamides is 1. The third kappa shape index (κ3) is 3.39. The van der Waals surface area contributed by atoms with Gasteiger partial charge in [0, 0.05) is 19.3 Å². The predicted octanol–water partition coefficient (Wildman–Crippen LogP) is 2.07. The Balaban J connectivity index is 1.50. The third-order valence-electron chi connectivity index (χ3n) is 6.26. The molecular weight excluding hydrogens is 350 g/mol. The number of nitrogens with one attached hydrogen (secondary N) is 1. The topological polar surface area (TPSA) is 79.4 Å². The maximum absolute atomic E-state index is 13.0. The number of rotatable bonds is 5. The number of hydrogen-bond donors (Lipinski definition) is 1. The molecule has 1 aromatic heterocycles. The van der Waals surface area contributed by atoms with Crippen molar-refractivity contribution in [2.75, 3.05) is 13.1 Å². The molecule has 26 heavy (non-hydrogen) atoms. The second kappa shape index (κ2) is 6.93. The van der Waals surface area contributed by atoms with Crippen LogP contribution in [0.2, 0.25) is 0 Å². The molecule has 1 saturated heterocycles. The normalized spacial score (nSPS) is 26.1. The van der Waals surface area contributed by atoms with Gasteiger partial charge in [0.05, 0.1) is 23.4 Å². The van der Waals surface area contributed by atoms with Gasteiger partial charge in [0.15, 0.2) is 0 Å². The van der Waals surface area contributed by atoms with E-state index < -0.39 is 10.0 Å². The molecule has 3 aliphatic rings. The number of aromatic nitrogens is 1. The van der Waals surface area contributed by atoms with Gasteiger partial charge in [-0.1, -0.05) is 25.3 Å². The molecule has 142 valence electrons. The Morgan fingerprint density at radius 2 is 2.00 bits per heavy atom. The predicted molar refractivity (Wildman–Crippen MR) is 98.6 cm³/mol. The van der Waals surface area contributed by atoms with Crippen LogP contribution < -0.4 is 5.32 Å². The number of pyridine rings is 1. The van der Waals surface area contributed by atoms with Gasteiger partial charge in [0.2, 0.25) is 15.9 Å². The summed E-state index contributed by atoms with van der Waals surface area (Å²) < 4.78 is 27.1. The standard InChI is InChI=1S/C19H27N3O3S/c23-18(21-12-15-6-2-5-11-20-15)17-13-22(26(24,25)16-7-8-16)14-19(17)9-3-1-4-10-19/h2,5-6,11,16-17H,1,3-4,7-10,12-14H2,(H,21,23). The molecule has 4 rings (SSSR count). The van der Waals surface area contributed by atoms with Gasteiger partial charge in [0.1, 0.15) is 0 Å². The number of carbonyl (C=O) groups excluding carboxylic acids is 1. The number of hydrogen-bond acceptors (Lipinski definition) is 4. The van der Waals surface area contributed by atoms with Crippen LogP contribution in [0.1, 0.15) is 50.6 Å². The van der Waals surface area contributed by atoms with E-state index in [4.69, 9.17) is 0 Å². The quantitative estimate of drug-likeness (QED) is 0.852. The van der Waals surface area contributed by atoms with Crippen molar-refractivity contribution in [1.82, 2.24) is 14.6 Å². The molecule has 2 aliphatic carbocycles. The van der Waals surface area contributed by atoms with Crippen LogP contribution in [-0.4, -0.2) is 42.0 Å². The van der Waals surface area contributed by atoms with Crippen molar-refractivity contribution in [1.29, 1.82) is 0 Å². The maximum Gasteiger partial charge on any atom is 0.225 e. The van der Waals surface area contributed by atoms with Gasteiger partial charge in [-0.15, -0.1) is 0 Å². The van der Waals surface area contributed by atoms with Crippen molar-refractivity contribution in [2.24, 2.45) is 11.3 Å². The molecule has 2 heterocycles. The van der Waals surface area contributed by atoms with Gasteiger partial charge in [-0.3, -0.25) is 9.78 Å². The van der Waals surface area contributed by atoms with E-state index in [1.54, 1.807) is 10.5 Å². The van der Waals surface area contributed by atoms with Crippen LogP contribution in [0.5, 0.6) is 0 Å². The molecule has 1 aromatic rings. The lowest BCUT2D eigenvalue weighted by Gasteiger charge is -2.37. The Bertz CT molecular complexity index is 755. The summed E-state index contributed by atoms with van der Waals surface area (Å²) in [5.74, 6) is -0.272. The Hall–Kier alpha value is -1.47. The zero-order valence-corrected chi connectivity index (χ0v) is 15.9. The molecule has 7 heteroatoms. The van der Waals surface area contributed by atoms with Crippen molar-refractivity contribution in [3.63, 3.8) is 0 Å². The van der Waals surface area contributed by atoms with E-state index in [0.717, 1.165) is 44.2 Å². The van der Waals surface area contributed by atoms with E-state index in [1.807, 2.05) is 18.2 Å². The first-order chi connectivity index (χ1) is 12.5. The van der Waals surface area contributed by atoms with E-state index in [-0.39, 0.29) is 22.5 Å². The highest BCUT2D eigenvalue weighted by atomic mass is 32.2. The molecule has 1 atom stereocenters. The van der Waals surface area contributed by atoms with E-state index in [1.165, 1.54) is 6.42 Å². The first kappa shape index (κ1) is 17.9. The summed E-state index contributed by atoms with van der Waals surface area (Å²) in [4.78, 5) is 17.2. The maximum atomic E-state index is 13.0. The molecule has 1 aliphatic heterocycles. The van der Waals surface area contributed by atoms with Crippen molar-refractivity contribution in [3.8, 4) is 0 Å². The summed E-state index contributed by atoms with van der Waals surface area (Å²) in [5.41, 5.74) is 0.632. The van der Waals surface area contributed by atoms with Gasteiger partial charge >= 0.3 is 0 Å². The molecule has 1 spiro atoms. The van der Waals surface area contributed by atoms with Gasteiger partial charge in [0.25, 0.3) is 0 Å². The molecule has 3 fully saturated rings. The molecule has 1 amide bonds. The fraction of sp³-hybridized carbons (Fsp3) is 0.684. The molecule has 2 saturated carbocycles. The highest BCUT2D eigenvalue weighted by molar-refractivity contribution is 7.90. The molecule has 0 radical (unpaired) electrons. The van der Waals surface area contributed by atoms with Crippen LogP contribution in [0.4, 0.5) is 0 Å². The minimum atomic E-state index is -3.23. The van der Waals surface area contributed by atoms with Gasteiger partial charge < -0.3 is 5.32 Å². The Kier molecular flexibility index (Phi) is 4.77. The summed E-state index contributed by atoms with van der Waals surface area (Å²) in [6.07, 6.45) is 8.49. The first-order valence-corrected chi connectivity index (χ1v) is 11.2. The summed E-state index contributed by atoms with van der Waals surface area (Å²) >= 11 is 0. The molecule has 6 nitrogen and oxygen atoms in total. The van der Waals surface area contributed by atoms with E-state index in [9.17, 15) is 13.2 Å². The number of carbonyl (C=O) groups is 1. The van der Waals surface area contributed by atoms with Crippen LogP contribution in [-0.2, 0) is 21.4 Å². The zero-order chi connectivity index (χ0) is 18.2. The highest BCUT2D eigenvalue weighted by Crippen LogP contribution is 2.49. The second-order valence-electron chi connectivity index (χ2n) is 8.05. The average molecular weight is 378 g/mol. The Morgan fingerprint density at radius 3 is 2.65 bits per heavy atom. The minimum absolute atomic E-state index is 0.0222. The summed E-state index contributed by atoms with van der Waals surface area (Å²) in [6, 6.07) is 5.63. The molecule has 1 N–H and O–H groups in total. The first-order valence-electron chi connectivity index (χ1n) is 9.68. The lowest BCUT2D eigenvalue weighted by Crippen LogP contribution is -2.42. The Morgan fingerprint density at radius 1 is 1.23 bits per heavy atom. The minimum Gasteiger partial charge on any atom is -0.350 e. The smallest absolute Gasteiger partial charge is 0.225 e. The fourth-order valence-corrected chi connectivity index (χ4v) is 6.57. The molecule has 0 bridgehead atoms. The van der Waals surface area contributed by atoms with Crippen LogP contribution in [0, 0.1) is 11.3 Å². The summed E-state index contributed by atoms with van der Waals surface area (Å²) in [5, 5.41) is 2.80. The van der Waals surface area contributed by atoms with Crippen LogP contribution in [0.25, 0.3) is 0 Å². The van der Waals surface area contributed by atoms with Crippen molar-refractivity contribution in [2.45, 2.75) is 56.7 Å². The highest BCUT2D eigenvalue weighted by Gasteiger charge is 2.54.